The molecule has 5 aliphatic heterocycles. The van der Waals surface area contributed by atoms with Crippen molar-refractivity contribution in [3.05, 3.63) is 0 Å². The average Bonchev–Trinajstić information content (AvgIpc) is 3.31. The summed E-state index contributed by atoms with van der Waals surface area (Å²) >= 11 is 0. The van der Waals surface area contributed by atoms with E-state index in [0.29, 0.717) is 0 Å². The van der Waals surface area contributed by atoms with E-state index in [9.17, 15) is 96.4 Å². The predicted molar refractivity (Wildman–Crippen MR) is 209 cm³/mol. The molecule has 30 nitrogen and oxygen atoms in total. The quantitative estimate of drug-likeness (QED) is 0.0534. The summed E-state index contributed by atoms with van der Waals surface area (Å²) in [4.78, 5) is 24.9. The summed E-state index contributed by atoms with van der Waals surface area (Å²) in [6.07, 6.45) is -54.2. The molecule has 1 unspecified atom stereocenters. The average molecular weight is 1000 g/mol. The summed E-state index contributed by atoms with van der Waals surface area (Å²) in [5.41, 5.74) is 0. The van der Waals surface area contributed by atoms with Crippen LogP contribution in [0.4, 0.5) is 0 Å². The molecular weight excluding hydrogens is 934 g/mol. The van der Waals surface area contributed by atoms with Crippen molar-refractivity contribution >= 4 is 12.2 Å². The molecule has 396 valence electrons. The lowest BCUT2D eigenvalue weighted by atomic mass is 9.93. The second-order valence-corrected chi connectivity index (χ2v) is 17.1. The fourth-order valence-electron chi connectivity index (χ4n) is 8.33. The maximum Gasteiger partial charge on any atom is 0.217 e. The molecule has 5 rings (SSSR count). The second kappa shape index (κ2) is 24.7. The lowest BCUT2D eigenvalue weighted by Crippen LogP contribution is -2.71. The Morgan fingerprint density at radius 2 is 0.941 bits per heavy atom. The lowest BCUT2D eigenvalue weighted by molar-refractivity contribution is -0.389. The van der Waals surface area contributed by atoms with Crippen molar-refractivity contribution in [2.45, 2.75) is 199 Å². The predicted octanol–water partition coefficient (Wildman–Crippen LogP) is -12.1. The molecule has 18 N–H and O–H groups in total. The highest BCUT2D eigenvalue weighted by molar-refractivity contribution is 5.73. The molecule has 5 aliphatic rings. The molecule has 5 saturated heterocycles. The zero-order chi connectivity index (χ0) is 50.6. The highest BCUT2D eigenvalue weighted by Crippen LogP contribution is 2.37. The summed E-state index contributed by atoms with van der Waals surface area (Å²) in [6.45, 7) is -0.756. The molecule has 5 fully saturated rings. The van der Waals surface area contributed by atoms with E-state index in [4.69, 9.17) is 47.4 Å². The van der Waals surface area contributed by atoms with Crippen LogP contribution in [-0.4, -0.2) is 303 Å². The SMILES string of the molecule is CC(=O)N[C@H]1[C@H](OC2[C@@H](O)[C@H](O[C@@H]([C@H](O[C@@H]3O[C@@H](C)[C@@H](O)[C@@H](O)[C@@H]3O)[C@@H](O)C=O)[C@H](O)CO)O[C@H](CO)[C@@H]2O)O[C@H](CO)[C@@H](O[C@@H]2O[C@@H](C)[C@@H](O)[C@@H](O)[C@@H]2O)[C@@H]1O[C@@H]1O[C@H](CO)[C@H](O)[C@H](O)[C@H]1O. The molecule has 1 amide bonds. The van der Waals surface area contributed by atoms with Gasteiger partial charge in [0.2, 0.25) is 5.91 Å². The van der Waals surface area contributed by atoms with E-state index in [0.717, 1.165) is 6.92 Å². The standard InChI is InChI=1S/C38H65NO29/c1-9-18(48)22(52)25(55)35(59-9)64-29(12(46)4-40)30(13(47)5-41)65-38-28(58)33(21(51)15(7-43)62-38)68-34-17(39-11(3)45)32(67-37-27(57)24(54)20(50)14(6-42)61-37)31(16(8-44)63-34)66-36-26(56)23(53)19(49)10(2)60-36/h4,9-10,12-38,41-44,46-58H,5-8H2,1-3H3,(H,39,45)/t9-,10-,12-,13+,14+,15+,16+,17+,18+,19+,20-,21-,22+,23+,24-,25-,26-,27+,28+,29+,30+,31+,32+,33?,34-,35-,36-,37-,38-/m0/s1. The Bertz CT molecular complexity index is 1570. The molecule has 0 aromatic carbocycles. The highest BCUT2D eigenvalue weighted by Gasteiger charge is 2.58. The van der Waals surface area contributed by atoms with Gasteiger partial charge in [0.15, 0.2) is 37.7 Å². The number of hydrogen-bond donors (Lipinski definition) is 18. The molecular formula is C38H65NO29. The molecule has 0 bridgehead atoms. The molecule has 5 heterocycles. The minimum atomic E-state index is -2.34. The third-order valence-electron chi connectivity index (χ3n) is 12.3. The topological polar surface area (TPSA) is 482 Å². The first kappa shape index (κ1) is 57.0. The molecule has 29 atom stereocenters. The normalized spacial score (nSPS) is 47.7. The van der Waals surface area contributed by atoms with Crippen LogP contribution >= 0.6 is 0 Å². The Balaban J connectivity index is 1.51. The first-order valence-electron chi connectivity index (χ1n) is 21.6. The van der Waals surface area contributed by atoms with E-state index in [1.165, 1.54) is 13.8 Å². The molecule has 0 aromatic rings. The minimum absolute atomic E-state index is 0.119. The van der Waals surface area contributed by atoms with E-state index in [-0.39, 0.29) is 6.29 Å². The smallest absolute Gasteiger partial charge is 0.217 e. The first-order chi connectivity index (χ1) is 32.0. The van der Waals surface area contributed by atoms with Crippen LogP contribution in [0, 0.1) is 0 Å². The molecule has 68 heavy (non-hydrogen) atoms. The molecule has 0 radical (unpaired) electrons. The maximum absolute atomic E-state index is 12.9. The lowest BCUT2D eigenvalue weighted by Gasteiger charge is -2.51. The number of carbonyl (C=O) groups is 2. The Morgan fingerprint density at radius 3 is 1.47 bits per heavy atom. The Kier molecular flexibility index (Phi) is 20.7. The largest absolute Gasteiger partial charge is 0.394 e. The van der Waals surface area contributed by atoms with Gasteiger partial charge in [0.25, 0.3) is 0 Å². The summed E-state index contributed by atoms with van der Waals surface area (Å²) < 4.78 is 57.6. The van der Waals surface area contributed by atoms with Gasteiger partial charge in [0.05, 0.1) is 38.6 Å². The van der Waals surface area contributed by atoms with E-state index in [1.54, 1.807) is 0 Å². The highest BCUT2D eigenvalue weighted by atomic mass is 16.8. The molecule has 0 aliphatic carbocycles. The van der Waals surface area contributed by atoms with Crippen molar-refractivity contribution in [3.8, 4) is 0 Å². The van der Waals surface area contributed by atoms with Gasteiger partial charge >= 0.3 is 0 Å². The molecule has 0 spiro atoms. The van der Waals surface area contributed by atoms with Crippen LogP contribution in [0.1, 0.15) is 20.8 Å². The van der Waals surface area contributed by atoms with Crippen LogP contribution < -0.4 is 5.32 Å². The number of aliphatic hydroxyl groups is 17. The van der Waals surface area contributed by atoms with Crippen LogP contribution in [0.5, 0.6) is 0 Å². The Morgan fingerprint density at radius 1 is 0.515 bits per heavy atom. The van der Waals surface area contributed by atoms with E-state index >= 15 is 0 Å². The van der Waals surface area contributed by atoms with Crippen molar-refractivity contribution in [2.75, 3.05) is 26.4 Å². The Hall–Kier alpha value is -1.94. The second-order valence-electron chi connectivity index (χ2n) is 17.1. The van der Waals surface area contributed by atoms with Crippen molar-refractivity contribution < 1.29 is 144 Å². The van der Waals surface area contributed by atoms with E-state index in [2.05, 4.69) is 5.32 Å². The number of amides is 1. The third kappa shape index (κ3) is 12.3. The number of aliphatic hydroxyl groups excluding tert-OH is 17. The number of aldehydes is 1. The van der Waals surface area contributed by atoms with Crippen molar-refractivity contribution in [3.63, 3.8) is 0 Å². The van der Waals surface area contributed by atoms with Crippen LogP contribution in [-0.2, 0) is 57.0 Å². The number of nitrogens with one attached hydrogen (secondary N) is 1. The van der Waals surface area contributed by atoms with Gasteiger partial charge in [-0.1, -0.05) is 0 Å². The van der Waals surface area contributed by atoms with Gasteiger partial charge < -0.3 is 144 Å². The van der Waals surface area contributed by atoms with E-state index in [1.807, 2.05) is 0 Å². The van der Waals surface area contributed by atoms with Crippen molar-refractivity contribution in [1.82, 2.24) is 5.32 Å². The fraction of sp³-hybridized carbons (Fsp3) is 0.947. The minimum Gasteiger partial charge on any atom is -0.394 e. The van der Waals surface area contributed by atoms with Gasteiger partial charge in [-0.15, -0.1) is 0 Å². The molecule has 0 saturated carbocycles. The van der Waals surface area contributed by atoms with E-state index < -0.39 is 210 Å². The van der Waals surface area contributed by atoms with Gasteiger partial charge in [-0.3, -0.25) is 4.79 Å². The van der Waals surface area contributed by atoms with Crippen LogP contribution in [0.15, 0.2) is 0 Å². The molecule has 0 aromatic heterocycles. The van der Waals surface area contributed by atoms with Gasteiger partial charge in [-0.2, -0.15) is 0 Å². The number of hydrogen-bond acceptors (Lipinski definition) is 29. The van der Waals surface area contributed by atoms with Crippen molar-refractivity contribution in [1.29, 1.82) is 0 Å². The zero-order valence-corrected chi connectivity index (χ0v) is 36.7. The maximum atomic E-state index is 12.9. The summed E-state index contributed by atoms with van der Waals surface area (Å²) in [7, 11) is 0. The third-order valence-corrected chi connectivity index (χ3v) is 12.3. The van der Waals surface area contributed by atoms with Gasteiger partial charge in [-0.25, -0.2) is 0 Å². The first-order valence-corrected chi connectivity index (χ1v) is 21.6. The van der Waals surface area contributed by atoms with Crippen LogP contribution in [0.2, 0.25) is 0 Å². The monoisotopic (exact) mass is 999 g/mol. The Labute approximate surface area is 386 Å². The van der Waals surface area contributed by atoms with Crippen molar-refractivity contribution in [2.24, 2.45) is 0 Å². The summed E-state index contributed by atoms with van der Waals surface area (Å²) in [5.74, 6) is -0.900. The van der Waals surface area contributed by atoms with Gasteiger partial charge in [0.1, 0.15) is 134 Å². The number of rotatable bonds is 19. The molecule has 30 heteroatoms. The summed E-state index contributed by atoms with van der Waals surface area (Å²) in [5, 5.41) is 183. The van der Waals surface area contributed by atoms with Crippen LogP contribution in [0.25, 0.3) is 0 Å². The zero-order valence-electron chi connectivity index (χ0n) is 36.7. The fourth-order valence-corrected chi connectivity index (χ4v) is 8.33. The number of carbonyl (C=O) groups excluding carboxylic acids is 2. The number of ether oxygens (including phenoxy) is 10. The summed E-state index contributed by atoms with van der Waals surface area (Å²) in [6, 6.07) is -1.85. The van der Waals surface area contributed by atoms with Gasteiger partial charge in [0, 0.05) is 6.92 Å². The van der Waals surface area contributed by atoms with Crippen LogP contribution in [0.3, 0.4) is 0 Å². The van der Waals surface area contributed by atoms with Gasteiger partial charge in [-0.05, 0) is 13.8 Å².